The molecule has 25 heavy (non-hydrogen) atoms. The summed E-state index contributed by atoms with van der Waals surface area (Å²) in [5, 5.41) is 7.99. The van der Waals surface area contributed by atoms with Gasteiger partial charge in [0.1, 0.15) is 11.5 Å². The lowest BCUT2D eigenvalue weighted by molar-refractivity contribution is 0.0940. The summed E-state index contributed by atoms with van der Waals surface area (Å²) in [5.74, 6) is 0.874. The van der Waals surface area contributed by atoms with Crippen molar-refractivity contribution in [1.82, 2.24) is 20.1 Å². The van der Waals surface area contributed by atoms with Crippen LogP contribution in [-0.4, -0.2) is 33.3 Å². The number of carbonyl (C=O) groups excluding carboxylic acids is 1. The number of rotatable bonds is 6. The summed E-state index contributed by atoms with van der Waals surface area (Å²) in [6.45, 7) is 2.35. The minimum Gasteiger partial charge on any atom is -0.348 e. The molecule has 0 saturated heterocycles. The molecule has 1 unspecified atom stereocenters. The van der Waals surface area contributed by atoms with Crippen molar-refractivity contribution in [3.63, 3.8) is 0 Å². The first-order valence-corrected chi connectivity index (χ1v) is 8.71. The molecule has 1 aromatic heterocycles. The molecule has 6 nitrogen and oxygen atoms in total. The molecule has 0 aliphatic heterocycles. The van der Waals surface area contributed by atoms with Crippen LogP contribution in [0.5, 0.6) is 0 Å². The number of amides is 1. The van der Waals surface area contributed by atoms with E-state index in [9.17, 15) is 4.79 Å². The predicted molar refractivity (Wildman–Crippen MR) is 101 cm³/mol. The highest BCUT2D eigenvalue weighted by atomic mass is 35.5. The van der Waals surface area contributed by atoms with E-state index in [1.165, 1.54) is 4.68 Å². The smallest absolute Gasteiger partial charge is 0.291 e. The summed E-state index contributed by atoms with van der Waals surface area (Å²) in [5.41, 5.74) is 6.53. The average Bonchev–Trinajstić information content (AvgIpc) is 3.32. The molecule has 1 atom stereocenters. The molecule has 3 rings (SSSR count). The largest absolute Gasteiger partial charge is 0.348 e. The molecular weight excluding hydrogens is 385 g/mol. The zero-order valence-corrected chi connectivity index (χ0v) is 16.0. The lowest BCUT2D eigenvalue weighted by atomic mass is 10.2. The number of nitrogens with zero attached hydrogens (tertiary/aromatic N) is 3. The fourth-order valence-corrected chi connectivity index (χ4v) is 3.08. The van der Waals surface area contributed by atoms with E-state index in [2.05, 4.69) is 15.4 Å². The molecule has 1 aromatic carbocycles. The van der Waals surface area contributed by atoms with Gasteiger partial charge in [-0.25, -0.2) is 9.67 Å². The van der Waals surface area contributed by atoms with Crippen LogP contribution in [0.1, 0.15) is 36.2 Å². The third kappa shape index (κ3) is 4.44. The van der Waals surface area contributed by atoms with Crippen LogP contribution in [0.15, 0.2) is 18.2 Å². The number of hydrogen-bond donors (Lipinski definition) is 2. The van der Waals surface area contributed by atoms with Gasteiger partial charge in [-0.1, -0.05) is 36.2 Å². The average molecular weight is 405 g/mol. The Hall–Kier alpha value is -1.34. The highest BCUT2D eigenvalue weighted by Crippen LogP contribution is 2.31. The first kappa shape index (κ1) is 20.0. The van der Waals surface area contributed by atoms with Gasteiger partial charge in [0.25, 0.3) is 5.91 Å². The molecule has 136 valence electrons. The second-order valence-corrected chi connectivity index (χ2v) is 6.71. The number of nitrogens with two attached hydrogens (primary N) is 1. The van der Waals surface area contributed by atoms with Gasteiger partial charge in [-0.05, 0) is 30.9 Å². The summed E-state index contributed by atoms with van der Waals surface area (Å²) in [4.78, 5) is 16.6. The van der Waals surface area contributed by atoms with Gasteiger partial charge in [0, 0.05) is 19.0 Å². The zero-order chi connectivity index (χ0) is 17.3. The fraction of sp³-hybridized carbons (Fsp3) is 0.438. The van der Waals surface area contributed by atoms with E-state index >= 15 is 0 Å². The maximum atomic E-state index is 12.3. The van der Waals surface area contributed by atoms with E-state index in [-0.39, 0.29) is 30.2 Å². The van der Waals surface area contributed by atoms with Crippen LogP contribution in [0.3, 0.4) is 0 Å². The Kier molecular flexibility index (Phi) is 6.68. The van der Waals surface area contributed by atoms with Crippen molar-refractivity contribution in [2.24, 2.45) is 11.7 Å². The van der Waals surface area contributed by atoms with Crippen molar-refractivity contribution in [2.45, 2.75) is 32.2 Å². The Bertz CT molecular complexity index is 740. The van der Waals surface area contributed by atoms with Gasteiger partial charge in [-0.15, -0.1) is 17.5 Å². The van der Waals surface area contributed by atoms with Gasteiger partial charge in [0.2, 0.25) is 5.82 Å². The van der Waals surface area contributed by atoms with Crippen LogP contribution in [0, 0.1) is 5.92 Å². The molecule has 2 aromatic rings. The van der Waals surface area contributed by atoms with Crippen molar-refractivity contribution >= 4 is 41.5 Å². The fourth-order valence-electron chi connectivity index (χ4n) is 2.52. The summed E-state index contributed by atoms with van der Waals surface area (Å²) in [7, 11) is 0. The Labute approximate surface area is 162 Å². The van der Waals surface area contributed by atoms with Crippen LogP contribution >= 0.6 is 35.6 Å². The number of hydrogen-bond acceptors (Lipinski definition) is 4. The molecule has 9 heteroatoms. The third-order valence-corrected chi connectivity index (χ3v) is 4.68. The second kappa shape index (κ2) is 8.36. The molecule has 0 radical (unpaired) electrons. The van der Waals surface area contributed by atoms with Crippen molar-refractivity contribution in [3.05, 3.63) is 39.9 Å². The van der Waals surface area contributed by atoms with Gasteiger partial charge in [0.05, 0.1) is 10.0 Å². The minimum atomic E-state index is -0.345. The van der Waals surface area contributed by atoms with Gasteiger partial charge in [-0.3, -0.25) is 4.79 Å². The summed E-state index contributed by atoms with van der Waals surface area (Å²) >= 11 is 12.5. The SMILES string of the molecule is CCc1nc(C(=O)NCC(N)C2CC2)nn1-c1c(Cl)cccc1Cl.Cl. The van der Waals surface area contributed by atoms with Gasteiger partial charge >= 0.3 is 0 Å². The van der Waals surface area contributed by atoms with E-state index in [1.54, 1.807) is 18.2 Å². The summed E-state index contributed by atoms with van der Waals surface area (Å²) in [6.07, 6.45) is 2.85. The zero-order valence-electron chi connectivity index (χ0n) is 13.7. The Morgan fingerprint density at radius 1 is 1.40 bits per heavy atom. The van der Waals surface area contributed by atoms with Crippen molar-refractivity contribution in [1.29, 1.82) is 0 Å². The molecule has 0 bridgehead atoms. The molecule has 1 amide bonds. The molecule has 1 fully saturated rings. The Balaban J connectivity index is 0.00000225. The maximum absolute atomic E-state index is 12.3. The number of halogens is 3. The summed E-state index contributed by atoms with van der Waals surface area (Å²) < 4.78 is 1.53. The van der Waals surface area contributed by atoms with Crippen molar-refractivity contribution in [3.8, 4) is 5.69 Å². The molecule has 1 saturated carbocycles. The first-order chi connectivity index (χ1) is 11.5. The van der Waals surface area contributed by atoms with Crippen molar-refractivity contribution in [2.75, 3.05) is 6.54 Å². The number of carbonyl (C=O) groups is 1. The van der Waals surface area contributed by atoms with E-state index in [0.29, 0.717) is 40.4 Å². The highest BCUT2D eigenvalue weighted by Gasteiger charge is 2.29. The second-order valence-electron chi connectivity index (χ2n) is 5.90. The maximum Gasteiger partial charge on any atom is 0.291 e. The topological polar surface area (TPSA) is 85.8 Å². The van der Waals surface area contributed by atoms with Gasteiger partial charge in [0.15, 0.2) is 0 Å². The van der Waals surface area contributed by atoms with E-state index in [0.717, 1.165) is 12.8 Å². The number of aromatic nitrogens is 3. The Morgan fingerprint density at radius 2 is 2.04 bits per heavy atom. The molecule has 1 aliphatic carbocycles. The molecule has 1 heterocycles. The third-order valence-electron chi connectivity index (χ3n) is 4.07. The Morgan fingerprint density at radius 3 is 2.60 bits per heavy atom. The standard InChI is InChI=1S/C16H19Cl2N5O.ClH/c1-2-13-21-15(16(24)20-8-12(19)9-6-7-9)22-23(13)14-10(17)4-3-5-11(14)18;/h3-5,9,12H,2,6-8,19H2,1H3,(H,20,24);1H. The van der Waals surface area contributed by atoms with Crippen LogP contribution < -0.4 is 11.1 Å². The first-order valence-electron chi connectivity index (χ1n) is 7.95. The van der Waals surface area contributed by atoms with Gasteiger partial charge in [-0.2, -0.15) is 0 Å². The monoisotopic (exact) mass is 403 g/mol. The minimum absolute atomic E-state index is 0. The summed E-state index contributed by atoms with van der Waals surface area (Å²) in [6, 6.07) is 5.18. The van der Waals surface area contributed by atoms with Gasteiger partial charge < -0.3 is 11.1 Å². The number of benzene rings is 1. The molecule has 1 aliphatic rings. The van der Waals surface area contributed by atoms with Crippen LogP contribution in [0.4, 0.5) is 0 Å². The quantitative estimate of drug-likeness (QED) is 0.775. The van der Waals surface area contributed by atoms with Crippen LogP contribution in [-0.2, 0) is 6.42 Å². The normalized spacial score (nSPS) is 14.7. The van der Waals surface area contributed by atoms with Crippen molar-refractivity contribution < 1.29 is 4.79 Å². The predicted octanol–water partition coefficient (Wildman–Crippen LogP) is 3.03. The lowest BCUT2D eigenvalue weighted by Crippen LogP contribution is -2.38. The highest BCUT2D eigenvalue weighted by molar-refractivity contribution is 6.37. The molecule has 0 spiro atoms. The van der Waals surface area contributed by atoms with E-state index < -0.39 is 0 Å². The molecule has 3 N–H and O–H groups in total. The van der Waals surface area contributed by atoms with E-state index in [1.807, 2.05) is 6.92 Å². The molecular formula is C16H20Cl3N5O. The van der Waals surface area contributed by atoms with E-state index in [4.69, 9.17) is 28.9 Å². The van der Waals surface area contributed by atoms with Crippen LogP contribution in [0.25, 0.3) is 5.69 Å². The lowest BCUT2D eigenvalue weighted by Gasteiger charge is -2.10. The number of para-hydroxylation sites is 1. The van der Waals surface area contributed by atoms with Crippen LogP contribution in [0.2, 0.25) is 10.0 Å². The number of nitrogens with one attached hydrogen (secondary N) is 1. The number of aryl methyl sites for hydroxylation is 1.